The van der Waals surface area contributed by atoms with E-state index in [2.05, 4.69) is 15.3 Å². The second-order valence-corrected chi connectivity index (χ2v) is 4.14. The molecule has 1 heterocycles. The quantitative estimate of drug-likeness (QED) is 0.523. The van der Waals surface area contributed by atoms with Gasteiger partial charge in [-0.25, -0.2) is 18.7 Å². The number of nitro groups is 1. The number of hydrogen-bond donors (Lipinski definition) is 2. The van der Waals surface area contributed by atoms with Crippen LogP contribution in [0.4, 0.5) is 26.1 Å². The van der Waals surface area contributed by atoms with Crippen molar-refractivity contribution in [3.63, 3.8) is 0 Å². The Labute approximate surface area is 120 Å². The van der Waals surface area contributed by atoms with E-state index in [0.29, 0.717) is 13.0 Å². The average Bonchev–Trinajstić information content (AvgIpc) is 2.43. The molecule has 1 rings (SSSR count). The summed E-state index contributed by atoms with van der Waals surface area (Å²) in [6.07, 6.45) is -0.928. The maximum Gasteiger partial charge on any atom is 0.353 e. The highest BCUT2D eigenvalue weighted by atomic mass is 19.3. The highest BCUT2D eigenvalue weighted by molar-refractivity contribution is 5.70. The molecule has 0 saturated heterocycles. The molecule has 0 aromatic carbocycles. The van der Waals surface area contributed by atoms with Crippen molar-refractivity contribution in [3.05, 3.63) is 16.4 Å². The van der Waals surface area contributed by atoms with Crippen LogP contribution in [0.25, 0.3) is 0 Å². The van der Waals surface area contributed by atoms with E-state index >= 15 is 0 Å². The molecule has 0 unspecified atom stereocenters. The molecule has 0 saturated carbocycles. The zero-order valence-electron chi connectivity index (χ0n) is 11.5. The van der Waals surface area contributed by atoms with Crippen LogP contribution in [-0.4, -0.2) is 52.7 Å². The lowest BCUT2D eigenvalue weighted by atomic mass is 10.3. The fourth-order valence-corrected chi connectivity index (χ4v) is 1.71. The Balaban J connectivity index is 3.21. The molecule has 0 radical (unpaired) electrons. The lowest BCUT2D eigenvalue weighted by Crippen LogP contribution is -2.33. The Morgan fingerprint density at radius 2 is 2.24 bits per heavy atom. The van der Waals surface area contributed by atoms with Crippen molar-refractivity contribution in [3.8, 4) is 0 Å². The van der Waals surface area contributed by atoms with Crippen molar-refractivity contribution in [2.75, 3.05) is 36.5 Å². The highest BCUT2D eigenvalue weighted by Gasteiger charge is 2.28. The number of rotatable bonds is 9. The highest BCUT2D eigenvalue weighted by Crippen LogP contribution is 2.31. The van der Waals surface area contributed by atoms with Gasteiger partial charge in [0.15, 0.2) is 0 Å². The average molecular weight is 305 g/mol. The van der Waals surface area contributed by atoms with Gasteiger partial charge in [0.1, 0.15) is 6.33 Å². The van der Waals surface area contributed by atoms with E-state index in [1.165, 1.54) is 0 Å². The van der Waals surface area contributed by atoms with Crippen LogP contribution in [-0.2, 0) is 0 Å². The first kappa shape index (κ1) is 17.0. The third kappa shape index (κ3) is 4.74. The molecular weight excluding hydrogens is 288 g/mol. The van der Waals surface area contributed by atoms with Gasteiger partial charge in [0.2, 0.25) is 11.6 Å². The van der Waals surface area contributed by atoms with Crippen molar-refractivity contribution >= 4 is 17.3 Å². The van der Waals surface area contributed by atoms with Crippen molar-refractivity contribution in [2.24, 2.45) is 0 Å². The number of halogens is 2. The minimum atomic E-state index is -2.71. The molecule has 21 heavy (non-hydrogen) atoms. The maximum atomic E-state index is 12.6. The van der Waals surface area contributed by atoms with Crippen LogP contribution in [0.1, 0.15) is 13.3 Å². The summed E-state index contributed by atoms with van der Waals surface area (Å²) in [6, 6.07) is 0. The summed E-state index contributed by atoms with van der Waals surface area (Å²) in [7, 11) is 0. The van der Waals surface area contributed by atoms with Crippen LogP contribution in [0, 0.1) is 10.1 Å². The molecule has 2 N–H and O–H groups in total. The van der Waals surface area contributed by atoms with Gasteiger partial charge in [-0.15, -0.1) is 0 Å². The summed E-state index contributed by atoms with van der Waals surface area (Å²) in [5, 5.41) is 22.9. The maximum absolute atomic E-state index is 12.6. The fraction of sp³-hybridized carbons (Fsp3) is 0.636. The minimum absolute atomic E-state index is 0.0240. The Morgan fingerprint density at radius 3 is 2.76 bits per heavy atom. The summed E-state index contributed by atoms with van der Waals surface area (Å²) >= 11 is 0. The molecule has 1 aromatic heterocycles. The van der Waals surface area contributed by atoms with Gasteiger partial charge in [0, 0.05) is 13.1 Å². The third-order valence-electron chi connectivity index (χ3n) is 2.56. The van der Waals surface area contributed by atoms with Gasteiger partial charge in [-0.1, -0.05) is 6.92 Å². The predicted octanol–water partition coefficient (Wildman–Crippen LogP) is 1.27. The normalized spacial score (nSPS) is 10.7. The van der Waals surface area contributed by atoms with Gasteiger partial charge < -0.3 is 15.3 Å². The largest absolute Gasteiger partial charge is 0.395 e. The molecule has 0 spiro atoms. The molecule has 0 aliphatic heterocycles. The second-order valence-electron chi connectivity index (χ2n) is 4.14. The Bertz CT molecular complexity index is 475. The molecule has 0 aliphatic carbocycles. The SMILES string of the molecule is CCCNc1ncnc(N(CCO)CC(F)F)c1[N+](=O)[O-]. The summed E-state index contributed by atoms with van der Waals surface area (Å²) in [5.41, 5.74) is -0.472. The molecular formula is C11H17F2N5O3. The van der Waals surface area contributed by atoms with E-state index in [4.69, 9.17) is 5.11 Å². The zero-order valence-corrected chi connectivity index (χ0v) is 11.5. The number of nitrogens with zero attached hydrogens (tertiary/aromatic N) is 4. The summed E-state index contributed by atoms with van der Waals surface area (Å²) in [6.45, 7) is 0.953. The van der Waals surface area contributed by atoms with Crippen LogP contribution in [0.2, 0.25) is 0 Å². The Morgan fingerprint density at radius 1 is 1.52 bits per heavy atom. The van der Waals surface area contributed by atoms with Crippen LogP contribution in [0.3, 0.4) is 0 Å². The molecule has 118 valence electrons. The topological polar surface area (TPSA) is 104 Å². The number of alkyl halides is 2. The molecule has 1 aromatic rings. The number of nitrogens with one attached hydrogen (secondary N) is 1. The lowest BCUT2D eigenvalue weighted by Gasteiger charge is -2.22. The first-order valence-electron chi connectivity index (χ1n) is 6.38. The van der Waals surface area contributed by atoms with Crippen molar-refractivity contribution in [1.82, 2.24) is 9.97 Å². The fourth-order valence-electron chi connectivity index (χ4n) is 1.71. The monoisotopic (exact) mass is 305 g/mol. The van der Waals surface area contributed by atoms with Crippen molar-refractivity contribution in [2.45, 2.75) is 19.8 Å². The molecule has 0 aliphatic rings. The van der Waals surface area contributed by atoms with Crippen LogP contribution in [0.5, 0.6) is 0 Å². The third-order valence-corrected chi connectivity index (χ3v) is 2.56. The second kappa shape index (κ2) is 8.25. The van der Waals surface area contributed by atoms with E-state index < -0.39 is 30.2 Å². The predicted molar refractivity (Wildman–Crippen MR) is 72.8 cm³/mol. The van der Waals surface area contributed by atoms with Gasteiger partial charge in [0.05, 0.1) is 18.1 Å². The van der Waals surface area contributed by atoms with Gasteiger partial charge in [-0.05, 0) is 6.42 Å². The Hall–Kier alpha value is -2.10. The van der Waals surface area contributed by atoms with Crippen LogP contribution >= 0.6 is 0 Å². The number of anilines is 2. The molecule has 10 heteroatoms. The van der Waals surface area contributed by atoms with Crippen LogP contribution in [0.15, 0.2) is 6.33 Å². The summed E-state index contributed by atoms with van der Waals surface area (Å²) in [5.74, 6) is -0.257. The standard InChI is InChI=1S/C11H17F2N5O3/c1-2-3-14-10-9(18(20)21)11(16-7-15-10)17(4-5-19)6-8(12)13/h7-8,19H,2-6H2,1H3,(H,14,15,16). The Kier molecular flexibility index (Phi) is 6.66. The van der Waals surface area contributed by atoms with E-state index in [0.717, 1.165) is 11.2 Å². The summed E-state index contributed by atoms with van der Waals surface area (Å²) in [4.78, 5) is 19.0. The molecule has 0 amide bonds. The first-order valence-corrected chi connectivity index (χ1v) is 6.38. The van der Waals surface area contributed by atoms with E-state index in [-0.39, 0.29) is 18.2 Å². The molecule has 0 atom stereocenters. The molecule has 0 bridgehead atoms. The lowest BCUT2D eigenvalue weighted by molar-refractivity contribution is -0.383. The van der Waals surface area contributed by atoms with E-state index in [9.17, 15) is 18.9 Å². The van der Waals surface area contributed by atoms with Crippen molar-refractivity contribution < 1.29 is 18.8 Å². The van der Waals surface area contributed by atoms with Gasteiger partial charge in [-0.2, -0.15) is 0 Å². The van der Waals surface area contributed by atoms with Gasteiger partial charge in [0.25, 0.3) is 6.43 Å². The first-order chi connectivity index (χ1) is 10.0. The van der Waals surface area contributed by atoms with E-state index in [1.54, 1.807) is 0 Å². The van der Waals surface area contributed by atoms with Crippen LogP contribution < -0.4 is 10.2 Å². The minimum Gasteiger partial charge on any atom is -0.395 e. The number of aliphatic hydroxyl groups is 1. The van der Waals surface area contributed by atoms with Gasteiger partial charge in [-0.3, -0.25) is 10.1 Å². The van der Waals surface area contributed by atoms with Gasteiger partial charge >= 0.3 is 5.69 Å². The smallest absolute Gasteiger partial charge is 0.353 e. The summed E-state index contributed by atoms with van der Waals surface area (Å²) < 4.78 is 25.2. The van der Waals surface area contributed by atoms with Crippen molar-refractivity contribution in [1.29, 1.82) is 0 Å². The van der Waals surface area contributed by atoms with E-state index in [1.807, 2.05) is 6.92 Å². The molecule has 8 nitrogen and oxygen atoms in total. The number of aromatic nitrogens is 2. The number of hydrogen-bond acceptors (Lipinski definition) is 7. The zero-order chi connectivity index (χ0) is 15.8. The molecule has 0 fully saturated rings. The number of aliphatic hydroxyl groups excluding tert-OH is 1.